The van der Waals surface area contributed by atoms with E-state index in [0.29, 0.717) is 28.3 Å². The molecule has 0 saturated heterocycles. The zero-order valence-electron chi connectivity index (χ0n) is 15.8. The zero-order chi connectivity index (χ0) is 19.6. The van der Waals surface area contributed by atoms with Crippen molar-refractivity contribution in [3.05, 3.63) is 46.9 Å². The first-order valence-corrected chi connectivity index (χ1v) is 9.89. The van der Waals surface area contributed by atoms with E-state index in [1.807, 2.05) is 6.92 Å². The number of rotatable bonds is 6. The summed E-state index contributed by atoms with van der Waals surface area (Å²) in [6, 6.07) is 5.54. The van der Waals surface area contributed by atoms with Crippen LogP contribution in [0.5, 0.6) is 0 Å². The largest absolute Gasteiger partial charge is 0.463 e. The lowest BCUT2D eigenvalue weighted by Crippen LogP contribution is -2.29. The molecule has 0 fully saturated rings. The van der Waals surface area contributed by atoms with Gasteiger partial charge in [-0.05, 0) is 37.5 Å². The maximum Gasteiger partial charge on any atom is 0.338 e. The molecule has 0 aliphatic carbocycles. The average Bonchev–Trinajstić information content (AvgIpc) is 3.02. The Morgan fingerprint density at radius 3 is 2.70 bits per heavy atom. The first-order chi connectivity index (χ1) is 12.9. The minimum Gasteiger partial charge on any atom is -0.463 e. The van der Waals surface area contributed by atoms with Crippen molar-refractivity contribution in [2.24, 2.45) is 5.92 Å². The molecule has 2 aromatic rings. The number of fused-ring (bicyclic) bond motifs is 1. The molecular formula is C19H23FN4O2S. The third-order valence-corrected chi connectivity index (χ3v) is 5.32. The molecule has 0 unspecified atom stereocenters. The first kappa shape index (κ1) is 19.4. The summed E-state index contributed by atoms with van der Waals surface area (Å²) >= 11 is 1.57. The number of halogens is 1. The predicted octanol–water partition coefficient (Wildman–Crippen LogP) is 4.02. The maximum atomic E-state index is 13.4. The molecule has 27 heavy (non-hydrogen) atoms. The van der Waals surface area contributed by atoms with Crippen molar-refractivity contribution < 1.29 is 13.9 Å². The lowest BCUT2D eigenvalue weighted by Gasteiger charge is -2.28. The number of carbonyl (C=O) groups excluding carboxylic acids is 1. The van der Waals surface area contributed by atoms with Crippen LogP contribution in [-0.4, -0.2) is 33.1 Å². The predicted molar refractivity (Wildman–Crippen MR) is 103 cm³/mol. The van der Waals surface area contributed by atoms with Crippen molar-refractivity contribution in [3.8, 4) is 0 Å². The Morgan fingerprint density at radius 1 is 1.37 bits per heavy atom. The number of hydrogen-bond donors (Lipinski definition) is 1. The molecule has 6 nitrogen and oxygen atoms in total. The molecule has 3 rings (SSSR count). The van der Waals surface area contributed by atoms with Gasteiger partial charge in [0.25, 0.3) is 0 Å². The van der Waals surface area contributed by atoms with E-state index >= 15 is 0 Å². The molecule has 0 saturated carbocycles. The van der Waals surface area contributed by atoms with Crippen LogP contribution in [0, 0.1) is 11.7 Å². The smallest absolute Gasteiger partial charge is 0.338 e. The number of anilines is 1. The van der Waals surface area contributed by atoms with Gasteiger partial charge in [-0.15, -0.1) is 5.10 Å². The SMILES string of the molecule is CCOC(=O)C1=C(C)Nc2nc(SCC(C)C)nn2[C@@H]1c1ccc(F)cc1. The van der Waals surface area contributed by atoms with E-state index in [2.05, 4.69) is 29.2 Å². The van der Waals surface area contributed by atoms with Gasteiger partial charge in [-0.25, -0.2) is 13.9 Å². The van der Waals surface area contributed by atoms with Crippen LogP contribution in [0.3, 0.4) is 0 Å². The van der Waals surface area contributed by atoms with E-state index in [1.165, 1.54) is 12.1 Å². The average molecular weight is 390 g/mol. The molecule has 0 bridgehead atoms. The number of ether oxygens (including phenoxy) is 1. The van der Waals surface area contributed by atoms with Gasteiger partial charge in [0, 0.05) is 11.4 Å². The van der Waals surface area contributed by atoms with Crippen molar-refractivity contribution in [1.82, 2.24) is 14.8 Å². The Bertz CT molecular complexity index is 861. The molecule has 0 spiro atoms. The van der Waals surface area contributed by atoms with E-state index in [-0.39, 0.29) is 12.4 Å². The van der Waals surface area contributed by atoms with E-state index in [9.17, 15) is 9.18 Å². The summed E-state index contributed by atoms with van der Waals surface area (Å²) in [4.78, 5) is 17.2. The highest BCUT2D eigenvalue weighted by Gasteiger charge is 2.35. The summed E-state index contributed by atoms with van der Waals surface area (Å²) in [6.45, 7) is 8.10. The fraction of sp³-hybridized carbons (Fsp3) is 0.421. The fourth-order valence-electron chi connectivity index (χ4n) is 2.86. The van der Waals surface area contributed by atoms with Gasteiger partial charge in [0.1, 0.15) is 11.9 Å². The Kier molecular flexibility index (Phi) is 5.84. The van der Waals surface area contributed by atoms with Crippen LogP contribution < -0.4 is 5.32 Å². The summed E-state index contributed by atoms with van der Waals surface area (Å²) in [5.74, 6) is 1.20. The van der Waals surface area contributed by atoms with Gasteiger partial charge >= 0.3 is 5.97 Å². The van der Waals surface area contributed by atoms with Gasteiger partial charge in [-0.1, -0.05) is 37.7 Å². The summed E-state index contributed by atoms with van der Waals surface area (Å²) in [5, 5.41) is 8.39. The van der Waals surface area contributed by atoms with Gasteiger partial charge in [0.2, 0.25) is 11.1 Å². The fourth-order valence-corrected chi connectivity index (χ4v) is 3.64. The van der Waals surface area contributed by atoms with Crippen LogP contribution in [0.2, 0.25) is 0 Å². The molecule has 1 aromatic heterocycles. The third-order valence-electron chi connectivity index (χ3n) is 4.06. The normalized spacial score (nSPS) is 16.3. The molecule has 1 aliphatic rings. The minimum atomic E-state index is -0.526. The first-order valence-electron chi connectivity index (χ1n) is 8.90. The van der Waals surface area contributed by atoms with E-state index in [4.69, 9.17) is 4.74 Å². The van der Waals surface area contributed by atoms with Crippen molar-refractivity contribution in [3.63, 3.8) is 0 Å². The number of benzene rings is 1. The number of thioether (sulfide) groups is 1. The molecule has 0 radical (unpaired) electrons. The van der Waals surface area contributed by atoms with Gasteiger partial charge in [0.05, 0.1) is 12.2 Å². The molecule has 144 valence electrons. The Balaban J connectivity index is 2.05. The van der Waals surface area contributed by atoms with E-state index in [1.54, 1.807) is 35.5 Å². The summed E-state index contributed by atoms with van der Waals surface area (Å²) < 4.78 is 20.4. The van der Waals surface area contributed by atoms with Crippen LogP contribution in [0.1, 0.15) is 39.3 Å². The van der Waals surface area contributed by atoms with Crippen molar-refractivity contribution >= 4 is 23.7 Å². The zero-order valence-corrected chi connectivity index (χ0v) is 16.6. The second-order valence-electron chi connectivity index (χ2n) is 6.71. The quantitative estimate of drug-likeness (QED) is 0.594. The topological polar surface area (TPSA) is 69.0 Å². The lowest BCUT2D eigenvalue weighted by molar-refractivity contribution is -0.139. The van der Waals surface area contributed by atoms with Crippen LogP contribution in [0.15, 0.2) is 40.7 Å². The highest BCUT2D eigenvalue weighted by atomic mass is 32.2. The number of hydrogen-bond acceptors (Lipinski definition) is 6. The van der Waals surface area contributed by atoms with Gasteiger partial charge in [-0.2, -0.15) is 4.98 Å². The molecular weight excluding hydrogens is 367 g/mol. The number of nitrogens with one attached hydrogen (secondary N) is 1. The number of carbonyl (C=O) groups is 1. The van der Waals surface area contributed by atoms with Gasteiger partial charge in [-0.3, -0.25) is 0 Å². The van der Waals surface area contributed by atoms with Crippen LogP contribution in [-0.2, 0) is 9.53 Å². The maximum absolute atomic E-state index is 13.4. The molecule has 1 atom stereocenters. The Hall–Kier alpha value is -2.35. The minimum absolute atomic E-state index is 0.269. The van der Waals surface area contributed by atoms with Crippen molar-refractivity contribution in [2.75, 3.05) is 17.7 Å². The Labute approximate surface area is 162 Å². The molecule has 0 amide bonds. The standard InChI is InChI=1S/C19H23FN4O2S/c1-5-26-17(25)15-12(4)21-18-22-19(27-10-11(2)3)23-24(18)16(15)13-6-8-14(20)9-7-13/h6-9,11,16H,5,10H2,1-4H3,(H,21,22,23)/t16-/m1/s1. The molecule has 8 heteroatoms. The third kappa shape index (κ3) is 4.16. The second-order valence-corrected chi connectivity index (χ2v) is 7.69. The van der Waals surface area contributed by atoms with E-state index in [0.717, 1.165) is 11.3 Å². The molecule has 2 heterocycles. The second kappa shape index (κ2) is 8.12. The lowest BCUT2D eigenvalue weighted by atomic mass is 9.96. The number of nitrogens with zero attached hydrogens (tertiary/aromatic N) is 3. The number of aromatic nitrogens is 3. The summed E-state index contributed by atoms with van der Waals surface area (Å²) in [5.41, 5.74) is 1.84. The van der Waals surface area contributed by atoms with Crippen LogP contribution >= 0.6 is 11.8 Å². The van der Waals surface area contributed by atoms with Gasteiger partial charge < -0.3 is 10.1 Å². The molecule has 1 aliphatic heterocycles. The highest BCUT2D eigenvalue weighted by Crippen LogP contribution is 2.36. The van der Waals surface area contributed by atoms with Crippen LogP contribution in [0.25, 0.3) is 0 Å². The highest BCUT2D eigenvalue weighted by molar-refractivity contribution is 7.99. The van der Waals surface area contributed by atoms with Gasteiger partial charge in [0.15, 0.2) is 0 Å². The molecule has 1 N–H and O–H groups in total. The summed E-state index contributed by atoms with van der Waals surface area (Å²) in [6.07, 6.45) is 0. The monoisotopic (exact) mass is 390 g/mol. The Morgan fingerprint density at radius 2 is 2.07 bits per heavy atom. The van der Waals surface area contributed by atoms with E-state index < -0.39 is 12.0 Å². The molecule has 1 aromatic carbocycles. The van der Waals surface area contributed by atoms with Crippen LogP contribution in [0.4, 0.5) is 10.3 Å². The number of allylic oxidation sites excluding steroid dienone is 1. The van der Waals surface area contributed by atoms with Crippen molar-refractivity contribution in [1.29, 1.82) is 0 Å². The number of esters is 1. The summed E-state index contributed by atoms with van der Waals surface area (Å²) in [7, 11) is 0. The van der Waals surface area contributed by atoms with Crippen molar-refractivity contribution in [2.45, 2.75) is 38.9 Å².